The minimum atomic E-state index is -0.589. The molecule has 0 atom stereocenters. The van der Waals surface area contributed by atoms with Crippen molar-refractivity contribution in [2.24, 2.45) is 0 Å². The number of hydrogen-bond donors (Lipinski definition) is 4. The minimum Gasteiger partial charge on any atom is -0.448 e. The Hall–Kier alpha value is -3.98. The van der Waals surface area contributed by atoms with Crippen LogP contribution in [0.15, 0.2) is 0 Å². The summed E-state index contributed by atoms with van der Waals surface area (Å²) < 4.78 is 20.2. The van der Waals surface area contributed by atoms with E-state index in [0.29, 0.717) is 19.6 Å². The first-order chi connectivity index (χ1) is 22.1. The molecule has 0 aromatic rings. The lowest BCUT2D eigenvalue weighted by atomic mass is 10.1. The van der Waals surface area contributed by atoms with E-state index in [0.717, 1.165) is 51.4 Å². The molecule has 4 N–H and O–H groups in total. The molecule has 0 aliphatic heterocycles. The zero-order chi connectivity index (χ0) is 34.4. The third kappa shape index (κ3) is 25.4. The second-order valence-corrected chi connectivity index (χ2v) is 10.4. The molecule has 16 nitrogen and oxygen atoms in total. The number of nitrogens with one attached hydrogen (secondary N) is 4. The van der Waals surface area contributed by atoms with E-state index in [9.17, 15) is 28.8 Å². The number of alkyl carbamates (subject to hydrolysis) is 4. The molecule has 0 saturated heterocycles. The van der Waals surface area contributed by atoms with Gasteiger partial charge in [0.2, 0.25) is 11.8 Å². The van der Waals surface area contributed by atoms with Gasteiger partial charge < -0.3 is 50.0 Å². The van der Waals surface area contributed by atoms with E-state index in [-0.39, 0.29) is 64.4 Å². The van der Waals surface area contributed by atoms with Gasteiger partial charge in [0, 0.05) is 40.5 Å². The molecule has 0 rings (SSSR count). The molecule has 0 bridgehead atoms. The van der Waals surface area contributed by atoms with Gasteiger partial charge in [-0.2, -0.15) is 0 Å². The molecule has 46 heavy (non-hydrogen) atoms. The van der Waals surface area contributed by atoms with E-state index in [2.05, 4.69) is 28.2 Å². The predicted molar refractivity (Wildman–Crippen MR) is 170 cm³/mol. The predicted octanol–water partition coefficient (Wildman–Crippen LogP) is 2.75. The summed E-state index contributed by atoms with van der Waals surface area (Å²) in [6.07, 6.45) is 6.30. The normalized spacial score (nSPS) is 10.3. The van der Waals surface area contributed by atoms with Gasteiger partial charge in [0.1, 0.15) is 26.4 Å². The first kappa shape index (κ1) is 42.0. The van der Waals surface area contributed by atoms with E-state index in [1.54, 1.807) is 0 Å². The van der Waals surface area contributed by atoms with Crippen LogP contribution in [-0.2, 0) is 28.5 Å². The molecule has 0 saturated carbocycles. The lowest BCUT2D eigenvalue weighted by Gasteiger charge is -2.20. The summed E-state index contributed by atoms with van der Waals surface area (Å²) in [5, 5.41) is 10.3. The Balaban J connectivity index is 3.83. The van der Waals surface area contributed by atoms with Gasteiger partial charge in [-0.3, -0.25) is 9.59 Å². The van der Waals surface area contributed by atoms with Crippen LogP contribution in [0, 0.1) is 0 Å². The highest BCUT2D eigenvalue weighted by Crippen LogP contribution is 2.01. The molecule has 266 valence electrons. The maximum absolute atomic E-state index is 11.9. The van der Waals surface area contributed by atoms with Gasteiger partial charge in [-0.15, -0.1) is 0 Å². The van der Waals surface area contributed by atoms with Crippen molar-refractivity contribution in [3.63, 3.8) is 0 Å². The van der Waals surface area contributed by atoms with Crippen molar-refractivity contribution in [2.45, 2.75) is 78.6 Å². The van der Waals surface area contributed by atoms with Gasteiger partial charge >= 0.3 is 24.4 Å². The number of unbranched alkanes of at least 4 members (excludes halogenated alkanes) is 7. The molecule has 6 amide bonds. The Labute approximate surface area is 272 Å². The van der Waals surface area contributed by atoms with Crippen molar-refractivity contribution in [2.75, 3.05) is 79.3 Å². The minimum absolute atomic E-state index is 0.00638. The van der Waals surface area contributed by atoms with Crippen LogP contribution in [0.2, 0.25) is 0 Å². The Bertz CT molecular complexity index is 892. The fraction of sp³-hybridized carbons (Fsp3) is 0.800. The average molecular weight is 661 g/mol. The first-order valence-corrected chi connectivity index (χ1v) is 16.2. The zero-order valence-corrected chi connectivity index (χ0v) is 28.1. The summed E-state index contributed by atoms with van der Waals surface area (Å²) in [4.78, 5) is 73.0. The Morgan fingerprint density at radius 1 is 0.478 bits per heavy atom. The molecule has 0 aromatic carbocycles. The number of carbonyl (C=O) groups excluding carboxylic acids is 6. The Kier molecular flexibility index (Phi) is 26.0. The third-order valence-electron chi connectivity index (χ3n) is 6.66. The second kappa shape index (κ2) is 28.5. The first-order valence-electron chi connectivity index (χ1n) is 16.2. The smallest absolute Gasteiger partial charge is 0.407 e. The molecule has 0 fully saturated rings. The number of carbonyl (C=O) groups is 6. The summed E-state index contributed by atoms with van der Waals surface area (Å²) >= 11 is 0. The van der Waals surface area contributed by atoms with Crippen LogP contribution in [0.4, 0.5) is 19.2 Å². The molecule has 0 radical (unpaired) electrons. The monoisotopic (exact) mass is 660 g/mol. The van der Waals surface area contributed by atoms with Crippen LogP contribution in [0.25, 0.3) is 0 Å². The molecule has 0 heterocycles. The van der Waals surface area contributed by atoms with E-state index in [1.807, 2.05) is 0 Å². The highest BCUT2D eigenvalue weighted by molar-refractivity contribution is 5.74. The fourth-order valence-corrected chi connectivity index (χ4v) is 3.98. The number of amides is 6. The van der Waals surface area contributed by atoms with E-state index < -0.39 is 24.4 Å². The van der Waals surface area contributed by atoms with Gasteiger partial charge in [-0.25, -0.2) is 19.2 Å². The molecular weight excluding hydrogens is 604 g/mol. The largest absolute Gasteiger partial charge is 0.448 e. The highest BCUT2D eigenvalue weighted by Gasteiger charge is 2.13. The summed E-state index contributed by atoms with van der Waals surface area (Å²) in [5.41, 5.74) is 0. The topological polar surface area (TPSA) is 194 Å². The summed E-state index contributed by atoms with van der Waals surface area (Å²) in [7, 11) is 1.44. The molecule has 16 heteroatoms. The van der Waals surface area contributed by atoms with Crippen molar-refractivity contribution < 1.29 is 47.7 Å². The van der Waals surface area contributed by atoms with Gasteiger partial charge in [0.15, 0.2) is 0 Å². The average Bonchev–Trinajstić information content (AvgIpc) is 3.02. The number of ether oxygens (including phenoxy) is 4. The zero-order valence-electron chi connectivity index (χ0n) is 28.1. The standard InChI is InChI=1S/C30H56N6O10/c1-5-6-7-8-11-14-32-28(40)45-23-19-36(26(3)38)20-24-46-30(42)34-16-13-10-9-12-15-33-29(41)44-22-18-35(25(2)37)17-21-43-27(39)31-4/h5-24H2,1-4H3,(H,31,39)(H,32,40)(H,33,41)(H,34,42). The lowest BCUT2D eigenvalue weighted by Crippen LogP contribution is -2.37. The van der Waals surface area contributed by atoms with Crippen LogP contribution >= 0.6 is 0 Å². The third-order valence-corrected chi connectivity index (χ3v) is 6.66. The molecule has 0 aliphatic rings. The molecular formula is C30H56N6O10. The summed E-state index contributed by atoms with van der Waals surface area (Å²) in [6.45, 7) is 7.17. The molecule has 0 aromatic heterocycles. The van der Waals surface area contributed by atoms with Crippen molar-refractivity contribution in [1.29, 1.82) is 0 Å². The van der Waals surface area contributed by atoms with Crippen molar-refractivity contribution >= 4 is 36.2 Å². The van der Waals surface area contributed by atoms with Crippen LogP contribution < -0.4 is 21.3 Å². The van der Waals surface area contributed by atoms with Crippen LogP contribution in [0.1, 0.15) is 78.6 Å². The summed E-state index contributed by atoms with van der Waals surface area (Å²) in [5.74, 6) is -0.442. The Morgan fingerprint density at radius 3 is 1.07 bits per heavy atom. The van der Waals surface area contributed by atoms with Crippen LogP contribution in [0.5, 0.6) is 0 Å². The van der Waals surface area contributed by atoms with Crippen molar-refractivity contribution in [1.82, 2.24) is 31.1 Å². The second-order valence-electron chi connectivity index (χ2n) is 10.4. The van der Waals surface area contributed by atoms with E-state index in [4.69, 9.17) is 18.9 Å². The van der Waals surface area contributed by atoms with Crippen molar-refractivity contribution in [3.8, 4) is 0 Å². The maximum Gasteiger partial charge on any atom is 0.407 e. The molecule has 0 aliphatic carbocycles. The van der Waals surface area contributed by atoms with Crippen LogP contribution in [-0.4, -0.2) is 125 Å². The van der Waals surface area contributed by atoms with Crippen LogP contribution in [0.3, 0.4) is 0 Å². The van der Waals surface area contributed by atoms with E-state index >= 15 is 0 Å². The molecule has 0 unspecified atom stereocenters. The fourth-order valence-electron chi connectivity index (χ4n) is 3.98. The quantitative estimate of drug-likeness (QED) is 0.0836. The van der Waals surface area contributed by atoms with Gasteiger partial charge in [0.05, 0.1) is 26.2 Å². The van der Waals surface area contributed by atoms with Gasteiger partial charge in [-0.1, -0.05) is 45.4 Å². The summed E-state index contributed by atoms with van der Waals surface area (Å²) in [6, 6.07) is 0. The lowest BCUT2D eigenvalue weighted by molar-refractivity contribution is -0.130. The Morgan fingerprint density at radius 2 is 0.783 bits per heavy atom. The number of rotatable bonds is 25. The maximum atomic E-state index is 11.9. The van der Waals surface area contributed by atoms with Crippen molar-refractivity contribution in [3.05, 3.63) is 0 Å². The number of nitrogens with zero attached hydrogens (tertiary/aromatic N) is 2. The SMILES string of the molecule is CCCCCCCNC(=O)OCCN(CCOC(=O)NCCCCCCNC(=O)OCCN(CCOC(=O)NC)C(C)=O)C(C)=O. The molecule has 0 spiro atoms. The highest BCUT2D eigenvalue weighted by atomic mass is 16.6. The number of hydrogen-bond acceptors (Lipinski definition) is 10. The van der Waals surface area contributed by atoms with Gasteiger partial charge in [0.25, 0.3) is 0 Å². The van der Waals surface area contributed by atoms with Gasteiger partial charge in [-0.05, 0) is 19.3 Å². The van der Waals surface area contributed by atoms with E-state index in [1.165, 1.54) is 37.1 Å².